The second kappa shape index (κ2) is 22.4. The second-order valence-electron chi connectivity index (χ2n) is 6.02. The third kappa shape index (κ3) is 21.4. The van der Waals surface area contributed by atoms with E-state index in [0.717, 1.165) is 0 Å². The Morgan fingerprint density at radius 2 is 0.727 bits per heavy atom. The normalized spacial score (nSPS) is 11.2. The topological polar surface area (TPSA) is 0 Å². The molecular weight excluding hydrogens is 344 g/mol. The predicted molar refractivity (Wildman–Crippen MR) is 116 cm³/mol. The van der Waals surface area contributed by atoms with Crippen LogP contribution in [0.4, 0.5) is 0 Å². The van der Waals surface area contributed by atoms with Gasteiger partial charge in [0.15, 0.2) is 0 Å². The molecule has 0 rings (SSSR count). The lowest BCUT2D eigenvalue weighted by Crippen LogP contribution is -1.81. The lowest BCUT2D eigenvalue weighted by atomic mass is 10.1. The highest BCUT2D eigenvalue weighted by molar-refractivity contribution is 9.26. The summed E-state index contributed by atoms with van der Waals surface area (Å²) in [5, 5.41) is 0. The fourth-order valence-electron chi connectivity index (χ4n) is 2.34. The van der Waals surface area contributed by atoms with Crippen LogP contribution >= 0.6 is 41.2 Å². The van der Waals surface area contributed by atoms with E-state index in [2.05, 4.69) is 35.4 Å². The monoisotopic (exact) mass is 382 g/mol. The Morgan fingerprint density at radius 1 is 0.409 bits per heavy atom. The SMILES string of the molecule is CCCCCCCCCSSSSCCCCCCCCC. The Bertz CT molecular complexity index is 168. The van der Waals surface area contributed by atoms with Crippen molar-refractivity contribution in [1.29, 1.82) is 0 Å². The molecule has 4 heteroatoms. The third-order valence-corrected chi connectivity index (χ3v) is 10.4. The molecule has 0 heterocycles. The van der Waals surface area contributed by atoms with E-state index >= 15 is 0 Å². The van der Waals surface area contributed by atoms with Crippen molar-refractivity contribution in [3.8, 4) is 0 Å². The van der Waals surface area contributed by atoms with Gasteiger partial charge in [-0.2, -0.15) is 0 Å². The third-order valence-electron chi connectivity index (χ3n) is 3.79. The molecule has 0 aliphatic carbocycles. The summed E-state index contributed by atoms with van der Waals surface area (Å²) in [6.45, 7) is 4.58. The summed E-state index contributed by atoms with van der Waals surface area (Å²) in [6.07, 6.45) is 20.0. The van der Waals surface area contributed by atoms with Gasteiger partial charge in [0.1, 0.15) is 0 Å². The molecule has 22 heavy (non-hydrogen) atoms. The van der Waals surface area contributed by atoms with Gasteiger partial charge in [0, 0.05) is 11.5 Å². The molecule has 0 radical (unpaired) electrons. The maximum absolute atomic E-state index is 2.29. The van der Waals surface area contributed by atoms with E-state index in [4.69, 9.17) is 0 Å². The molecule has 0 amide bonds. The molecular formula is C18H38S4. The lowest BCUT2D eigenvalue weighted by Gasteiger charge is -2.02. The van der Waals surface area contributed by atoms with E-state index in [1.54, 1.807) is 0 Å². The van der Waals surface area contributed by atoms with Crippen LogP contribution in [0.3, 0.4) is 0 Å². The zero-order valence-electron chi connectivity index (χ0n) is 14.9. The van der Waals surface area contributed by atoms with Crippen molar-refractivity contribution < 1.29 is 0 Å². The molecule has 0 aromatic heterocycles. The first-order chi connectivity index (χ1) is 10.9. The summed E-state index contributed by atoms with van der Waals surface area (Å²) in [5.41, 5.74) is 0. The maximum atomic E-state index is 2.29. The van der Waals surface area contributed by atoms with E-state index in [1.807, 2.05) is 19.7 Å². The van der Waals surface area contributed by atoms with Gasteiger partial charge in [0.05, 0.1) is 0 Å². The summed E-state index contributed by atoms with van der Waals surface area (Å²) < 4.78 is 0. The van der Waals surface area contributed by atoms with E-state index in [1.165, 1.54) is 101 Å². The number of hydrogen-bond acceptors (Lipinski definition) is 4. The molecule has 134 valence electrons. The molecule has 0 spiro atoms. The van der Waals surface area contributed by atoms with Crippen molar-refractivity contribution in [3.05, 3.63) is 0 Å². The molecule has 0 aliphatic heterocycles. The first kappa shape index (κ1) is 23.4. The van der Waals surface area contributed by atoms with Gasteiger partial charge in [-0.05, 0) is 32.5 Å². The van der Waals surface area contributed by atoms with Gasteiger partial charge in [-0.25, -0.2) is 0 Å². The fraction of sp³-hybridized carbons (Fsp3) is 1.00. The molecule has 0 nitrogen and oxygen atoms in total. The van der Waals surface area contributed by atoms with Crippen LogP contribution < -0.4 is 0 Å². The standard InChI is InChI=1S/C18H38S4/c1-3-5-7-9-11-13-15-17-19-21-22-20-18-16-14-12-10-8-6-4-2/h3-18H2,1-2H3. The van der Waals surface area contributed by atoms with Crippen molar-refractivity contribution in [2.45, 2.75) is 104 Å². The van der Waals surface area contributed by atoms with E-state index < -0.39 is 0 Å². The first-order valence-corrected chi connectivity index (χ1v) is 14.6. The van der Waals surface area contributed by atoms with Crippen LogP contribution in [-0.2, 0) is 0 Å². The highest BCUT2D eigenvalue weighted by atomic mass is 33.7. The summed E-state index contributed by atoms with van der Waals surface area (Å²) in [7, 11) is 8.11. The Morgan fingerprint density at radius 3 is 1.09 bits per heavy atom. The summed E-state index contributed by atoms with van der Waals surface area (Å²) in [4.78, 5) is 0. The Kier molecular flexibility index (Phi) is 23.8. The Balaban J connectivity index is 2.91. The fourth-order valence-corrected chi connectivity index (χ4v) is 8.61. The molecule has 0 aliphatic rings. The predicted octanol–water partition coefficient (Wildman–Crippen LogP) is 9.17. The smallest absolute Gasteiger partial charge is 0.00454 e. The first-order valence-electron chi connectivity index (χ1n) is 9.49. The molecule has 0 unspecified atom stereocenters. The van der Waals surface area contributed by atoms with E-state index in [-0.39, 0.29) is 0 Å². The van der Waals surface area contributed by atoms with Crippen LogP contribution in [0.15, 0.2) is 0 Å². The quantitative estimate of drug-likeness (QED) is 0.161. The van der Waals surface area contributed by atoms with Crippen LogP contribution in [0.5, 0.6) is 0 Å². The van der Waals surface area contributed by atoms with Gasteiger partial charge in [-0.1, -0.05) is 112 Å². The minimum Gasteiger partial charge on any atom is -0.0817 e. The zero-order chi connectivity index (χ0) is 16.1. The molecule has 0 aromatic carbocycles. The largest absolute Gasteiger partial charge is 0.0817 e. The lowest BCUT2D eigenvalue weighted by molar-refractivity contribution is 0.604. The highest BCUT2D eigenvalue weighted by Crippen LogP contribution is 2.43. The molecule has 0 saturated carbocycles. The van der Waals surface area contributed by atoms with Crippen molar-refractivity contribution in [2.24, 2.45) is 0 Å². The van der Waals surface area contributed by atoms with Crippen LogP contribution in [0, 0.1) is 0 Å². The van der Waals surface area contributed by atoms with Crippen molar-refractivity contribution >= 4 is 41.2 Å². The molecule has 0 saturated heterocycles. The molecule has 0 N–H and O–H groups in total. The van der Waals surface area contributed by atoms with E-state index in [0.29, 0.717) is 0 Å². The molecule has 0 atom stereocenters. The van der Waals surface area contributed by atoms with E-state index in [9.17, 15) is 0 Å². The van der Waals surface area contributed by atoms with Crippen molar-refractivity contribution in [2.75, 3.05) is 11.5 Å². The second-order valence-corrected chi connectivity index (χ2v) is 12.3. The molecule has 0 bridgehead atoms. The van der Waals surface area contributed by atoms with Gasteiger partial charge in [0.2, 0.25) is 0 Å². The average molecular weight is 383 g/mol. The Labute approximate surface area is 156 Å². The number of unbranched alkanes of at least 4 members (excludes halogenated alkanes) is 12. The maximum Gasteiger partial charge on any atom is 0.00454 e. The van der Waals surface area contributed by atoms with Gasteiger partial charge >= 0.3 is 0 Å². The van der Waals surface area contributed by atoms with Gasteiger partial charge in [-0.15, -0.1) is 0 Å². The minimum atomic E-state index is 1.34. The van der Waals surface area contributed by atoms with Crippen LogP contribution in [-0.4, -0.2) is 11.5 Å². The van der Waals surface area contributed by atoms with Crippen molar-refractivity contribution in [3.63, 3.8) is 0 Å². The van der Waals surface area contributed by atoms with Crippen LogP contribution in [0.1, 0.15) is 104 Å². The minimum absolute atomic E-state index is 1.34. The van der Waals surface area contributed by atoms with Gasteiger partial charge < -0.3 is 0 Å². The summed E-state index contributed by atoms with van der Waals surface area (Å²) in [5.74, 6) is 2.67. The van der Waals surface area contributed by atoms with Gasteiger partial charge in [0.25, 0.3) is 0 Å². The highest BCUT2D eigenvalue weighted by Gasteiger charge is 1.96. The zero-order valence-corrected chi connectivity index (χ0v) is 18.2. The van der Waals surface area contributed by atoms with Crippen molar-refractivity contribution in [1.82, 2.24) is 0 Å². The summed E-state index contributed by atoms with van der Waals surface area (Å²) in [6, 6.07) is 0. The Hall–Kier alpha value is 1.40. The van der Waals surface area contributed by atoms with Crippen LogP contribution in [0.25, 0.3) is 0 Å². The molecule has 0 aromatic rings. The molecule has 0 fully saturated rings. The number of hydrogen-bond donors (Lipinski definition) is 0. The van der Waals surface area contributed by atoms with Gasteiger partial charge in [-0.3, -0.25) is 0 Å². The number of rotatable bonds is 19. The van der Waals surface area contributed by atoms with Crippen LogP contribution in [0.2, 0.25) is 0 Å². The average Bonchev–Trinajstić information content (AvgIpc) is 2.54. The summed E-state index contributed by atoms with van der Waals surface area (Å²) >= 11 is 0.